The summed E-state index contributed by atoms with van der Waals surface area (Å²) in [6, 6.07) is 2.70. The topological polar surface area (TPSA) is 24.9 Å². The Kier molecular flexibility index (Phi) is 4.76. The van der Waals surface area contributed by atoms with Gasteiger partial charge in [-0.2, -0.15) is 0 Å². The zero-order valence-electron chi connectivity index (χ0n) is 10.2. The number of pyridine rings is 1. The lowest BCUT2D eigenvalue weighted by Crippen LogP contribution is -2.29. The van der Waals surface area contributed by atoms with Crippen LogP contribution in [0.5, 0.6) is 0 Å². The van der Waals surface area contributed by atoms with Crippen molar-refractivity contribution in [3.63, 3.8) is 0 Å². The number of aryl methyl sites for hydroxylation is 1. The van der Waals surface area contributed by atoms with E-state index in [4.69, 9.17) is 0 Å². The standard InChI is InChI=1S/C13H22N2/c1-10(2)7-13(14-4)8-12-5-6-15-9-11(12)3/h5-6,9-10,13-14H,7-8H2,1-4H3. The third-order valence-corrected chi connectivity index (χ3v) is 2.77. The van der Waals surface area contributed by atoms with Crippen molar-refractivity contribution in [3.05, 3.63) is 29.6 Å². The van der Waals surface area contributed by atoms with E-state index in [1.54, 1.807) is 0 Å². The molecule has 0 aliphatic carbocycles. The first-order valence-corrected chi connectivity index (χ1v) is 5.70. The zero-order chi connectivity index (χ0) is 11.3. The molecule has 1 aromatic heterocycles. The lowest BCUT2D eigenvalue weighted by Gasteiger charge is -2.19. The summed E-state index contributed by atoms with van der Waals surface area (Å²) in [5.41, 5.74) is 2.70. The van der Waals surface area contributed by atoms with E-state index in [0.29, 0.717) is 6.04 Å². The molecule has 1 unspecified atom stereocenters. The minimum absolute atomic E-state index is 0.575. The number of nitrogens with one attached hydrogen (secondary N) is 1. The quantitative estimate of drug-likeness (QED) is 0.801. The van der Waals surface area contributed by atoms with E-state index in [-0.39, 0.29) is 0 Å². The third-order valence-electron chi connectivity index (χ3n) is 2.77. The fourth-order valence-corrected chi connectivity index (χ4v) is 1.87. The molecule has 2 nitrogen and oxygen atoms in total. The van der Waals surface area contributed by atoms with Gasteiger partial charge in [0.25, 0.3) is 0 Å². The van der Waals surface area contributed by atoms with Crippen LogP contribution in [0.15, 0.2) is 18.5 Å². The molecule has 1 N–H and O–H groups in total. The molecule has 0 fully saturated rings. The molecule has 0 radical (unpaired) electrons. The summed E-state index contributed by atoms with van der Waals surface area (Å²) in [6.07, 6.45) is 6.14. The highest BCUT2D eigenvalue weighted by molar-refractivity contribution is 5.22. The normalized spacial score (nSPS) is 13.1. The van der Waals surface area contributed by atoms with Gasteiger partial charge in [-0.15, -0.1) is 0 Å². The van der Waals surface area contributed by atoms with Crippen LogP contribution in [0.3, 0.4) is 0 Å². The van der Waals surface area contributed by atoms with Crippen LogP contribution >= 0.6 is 0 Å². The van der Waals surface area contributed by atoms with Gasteiger partial charge in [-0.05, 0) is 49.9 Å². The average molecular weight is 206 g/mol. The van der Waals surface area contributed by atoms with E-state index in [1.807, 2.05) is 19.4 Å². The van der Waals surface area contributed by atoms with Gasteiger partial charge in [0.15, 0.2) is 0 Å². The van der Waals surface area contributed by atoms with E-state index < -0.39 is 0 Å². The summed E-state index contributed by atoms with van der Waals surface area (Å²) in [5.74, 6) is 0.740. The van der Waals surface area contributed by atoms with Crippen LogP contribution in [-0.4, -0.2) is 18.1 Å². The van der Waals surface area contributed by atoms with Crippen LogP contribution in [0.2, 0.25) is 0 Å². The fraction of sp³-hybridized carbons (Fsp3) is 0.615. The van der Waals surface area contributed by atoms with Gasteiger partial charge in [-0.25, -0.2) is 0 Å². The Morgan fingerprint density at radius 3 is 2.67 bits per heavy atom. The molecule has 1 aromatic rings. The lowest BCUT2D eigenvalue weighted by atomic mass is 9.96. The van der Waals surface area contributed by atoms with Crippen LogP contribution in [-0.2, 0) is 6.42 Å². The summed E-state index contributed by atoms with van der Waals surface area (Å²) in [6.45, 7) is 6.66. The van der Waals surface area contributed by atoms with E-state index in [9.17, 15) is 0 Å². The maximum Gasteiger partial charge on any atom is 0.0299 e. The molecule has 1 heterocycles. The van der Waals surface area contributed by atoms with E-state index in [0.717, 1.165) is 12.3 Å². The fourth-order valence-electron chi connectivity index (χ4n) is 1.87. The molecule has 2 heteroatoms. The van der Waals surface area contributed by atoms with Gasteiger partial charge < -0.3 is 5.32 Å². The smallest absolute Gasteiger partial charge is 0.0299 e. The molecule has 0 aliphatic heterocycles. The molecule has 0 spiro atoms. The monoisotopic (exact) mass is 206 g/mol. The van der Waals surface area contributed by atoms with Crippen molar-refractivity contribution in [3.8, 4) is 0 Å². The van der Waals surface area contributed by atoms with Crippen molar-refractivity contribution in [2.24, 2.45) is 5.92 Å². The minimum Gasteiger partial charge on any atom is -0.317 e. The Labute approximate surface area is 93.1 Å². The summed E-state index contributed by atoms with van der Waals surface area (Å²) < 4.78 is 0. The maximum absolute atomic E-state index is 4.12. The van der Waals surface area contributed by atoms with E-state index in [1.165, 1.54) is 17.5 Å². The van der Waals surface area contributed by atoms with Gasteiger partial charge in [0, 0.05) is 18.4 Å². The Bertz CT molecular complexity index is 294. The van der Waals surface area contributed by atoms with Crippen LogP contribution in [0.25, 0.3) is 0 Å². The summed E-state index contributed by atoms with van der Waals surface area (Å²) in [4.78, 5) is 4.12. The first-order chi connectivity index (χ1) is 7.13. The zero-order valence-corrected chi connectivity index (χ0v) is 10.2. The van der Waals surface area contributed by atoms with Gasteiger partial charge in [0.05, 0.1) is 0 Å². The summed E-state index contributed by atoms with van der Waals surface area (Å²) in [5, 5.41) is 3.39. The number of hydrogen-bond donors (Lipinski definition) is 1. The highest BCUT2D eigenvalue weighted by atomic mass is 14.9. The molecule has 0 saturated heterocycles. The second kappa shape index (κ2) is 5.86. The lowest BCUT2D eigenvalue weighted by molar-refractivity contribution is 0.440. The van der Waals surface area contributed by atoms with Crippen molar-refractivity contribution < 1.29 is 0 Å². The van der Waals surface area contributed by atoms with Gasteiger partial charge in [-0.1, -0.05) is 13.8 Å². The van der Waals surface area contributed by atoms with Gasteiger partial charge in [0.1, 0.15) is 0 Å². The van der Waals surface area contributed by atoms with Crippen LogP contribution in [0.4, 0.5) is 0 Å². The van der Waals surface area contributed by atoms with Crippen molar-refractivity contribution in [2.75, 3.05) is 7.05 Å². The number of hydrogen-bond acceptors (Lipinski definition) is 2. The second-order valence-electron chi connectivity index (χ2n) is 4.62. The SMILES string of the molecule is CNC(Cc1ccncc1C)CC(C)C. The molecule has 0 aromatic carbocycles. The van der Waals surface area contributed by atoms with Gasteiger partial charge >= 0.3 is 0 Å². The predicted octanol–water partition coefficient (Wildman–Crippen LogP) is 2.57. The van der Waals surface area contributed by atoms with Crippen molar-refractivity contribution in [1.29, 1.82) is 0 Å². The number of nitrogens with zero attached hydrogens (tertiary/aromatic N) is 1. The largest absolute Gasteiger partial charge is 0.317 e. The number of likely N-dealkylation sites (N-methyl/N-ethyl adjacent to an activating group) is 1. The van der Waals surface area contributed by atoms with Crippen LogP contribution < -0.4 is 5.32 Å². The Morgan fingerprint density at radius 2 is 2.13 bits per heavy atom. The Morgan fingerprint density at radius 1 is 1.40 bits per heavy atom. The number of rotatable bonds is 5. The molecular weight excluding hydrogens is 184 g/mol. The highest BCUT2D eigenvalue weighted by Gasteiger charge is 2.10. The molecule has 1 atom stereocenters. The minimum atomic E-state index is 0.575. The van der Waals surface area contributed by atoms with E-state index in [2.05, 4.69) is 37.1 Å². The van der Waals surface area contributed by atoms with Crippen molar-refractivity contribution in [2.45, 2.75) is 39.7 Å². The molecule has 1 rings (SSSR count). The third kappa shape index (κ3) is 4.00. The summed E-state index contributed by atoms with van der Waals surface area (Å²) >= 11 is 0. The van der Waals surface area contributed by atoms with Crippen molar-refractivity contribution >= 4 is 0 Å². The molecule has 84 valence electrons. The van der Waals surface area contributed by atoms with Crippen LogP contribution in [0, 0.1) is 12.8 Å². The highest BCUT2D eigenvalue weighted by Crippen LogP contribution is 2.13. The molecule has 0 bridgehead atoms. The van der Waals surface area contributed by atoms with Gasteiger partial charge in [-0.3, -0.25) is 4.98 Å². The second-order valence-corrected chi connectivity index (χ2v) is 4.62. The Balaban J connectivity index is 2.62. The first-order valence-electron chi connectivity index (χ1n) is 5.70. The molecule has 0 saturated carbocycles. The number of aromatic nitrogens is 1. The maximum atomic E-state index is 4.12. The molecular formula is C13H22N2. The molecule has 0 amide bonds. The van der Waals surface area contributed by atoms with Crippen LogP contribution in [0.1, 0.15) is 31.4 Å². The molecule has 0 aliphatic rings. The Hall–Kier alpha value is -0.890. The average Bonchev–Trinajstić information content (AvgIpc) is 2.19. The van der Waals surface area contributed by atoms with E-state index >= 15 is 0 Å². The van der Waals surface area contributed by atoms with Gasteiger partial charge in [0.2, 0.25) is 0 Å². The summed E-state index contributed by atoms with van der Waals surface area (Å²) in [7, 11) is 2.05. The van der Waals surface area contributed by atoms with Crippen molar-refractivity contribution in [1.82, 2.24) is 10.3 Å². The predicted molar refractivity (Wildman–Crippen MR) is 65.0 cm³/mol. The molecule has 15 heavy (non-hydrogen) atoms. The first kappa shape index (κ1) is 12.2.